The van der Waals surface area contributed by atoms with Gasteiger partial charge in [-0.2, -0.15) is 0 Å². The number of urea groups is 1. The quantitative estimate of drug-likeness (QED) is 0.677. The molecule has 6 nitrogen and oxygen atoms in total. The summed E-state index contributed by atoms with van der Waals surface area (Å²) in [5, 5.41) is 8.67. The molecule has 0 saturated heterocycles. The predicted molar refractivity (Wildman–Crippen MR) is 101 cm³/mol. The SMILES string of the molecule is CC(C)C[C@@H](CNC(=O)Nc1cccc(C(=O)NC2CC2)c1)N(C)C. The van der Waals surface area contributed by atoms with Crippen LogP contribution in [0.1, 0.15) is 43.5 Å². The van der Waals surface area contributed by atoms with E-state index in [0.29, 0.717) is 35.8 Å². The standard InChI is InChI=1S/C19H30N4O2/c1-13(2)10-17(23(3)4)12-20-19(25)22-16-7-5-6-14(11-16)18(24)21-15-8-9-15/h5-7,11,13,15,17H,8-10,12H2,1-4H3,(H,21,24)(H2,20,22,25)/t17-/m0/s1. The fraction of sp³-hybridized carbons (Fsp3) is 0.579. The van der Waals surface area contributed by atoms with Crippen molar-refractivity contribution in [3.05, 3.63) is 29.8 Å². The summed E-state index contributed by atoms with van der Waals surface area (Å²) < 4.78 is 0. The van der Waals surface area contributed by atoms with E-state index in [0.717, 1.165) is 19.3 Å². The van der Waals surface area contributed by atoms with E-state index in [9.17, 15) is 9.59 Å². The summed E-state index contributed by atoms with van der Waals surface area (Å²) in [6.07, 6.45) is 3.12. The molecule has 2 rings (SSSR count). The van der Waals surface area contributed by atoms with Crippen molar-refractivity contribution in [2.24, 2.45) is 5.92 Å². The lowest BCUT2D eigenvalue weighted by atomic mass is 10.0. The van der Waals surface area contributed by atoms with E-state index in [4.69, 9.17) is 0 Å². The zero-order valence-electron chi connectivity index (χ0n) is 15.6. The van der Waals surface area contributed by atoms with Crippen LogP contribution in [0.2, 0.25) is 0 Å². The second-order valence-corrected chi connectivity index (χ2v) is 7.41. The summed E-state index contributed by atoms with van der Waals surface area (Å²) >= 11 is 0. The van der Waals surface area contributed by atoms with E-state index in [1.165, 1.54) is 0 Å². The molecule has 6 heteroatoms. The number of benzene rings is 1. The fourth-order valence-corrected chi connectivity index (χ4v) is 2.64. The lowest BCUT2D eigenvalue weighted by Gasteiger charge is -2.26. The Balaban J connectivity index is 1.86. The van der Waals surface area contributed by atoms with Gasteiger partial charge in [0.05, 0.1) is 0 Å². The third kappa shape index (κ3) is 6.74. The van der Waals surface area contributed by atoms with Crippen molar-refractivity contribution in [1.29, 1.82) is 0 Å². The lowest BCUT2D eigenvalue weighted by molar-refractivity contribution is 0.0951. The van der Waals surface area contributed by atoms with Gasteiger partial charge >= 0.3 is 6.03 Å². The maximum Gasteiger partial charge on any atom is 0.319 e. The molecule has 0 aliphatic heterocycles. The Morgan fingerprint density at radius 2 is 1.96 bits per heavy atom. The van der Waals surface area contributed by atoms with Gasteiger partial charge in [0.15, 0.2) is 0 Å². The summed E-state index contributed by atoms with van der Waals surface area (Å²) in [6.45, 7) is 4.93. The number of anilines is 1. The van der Waals surface area contributed by atoms with Crippen LogP contribution in [0.5, 0.6) is 0 Å². The normalized spacial score (nSPS) is 15.1. The number of carbonyl (C=O) groups is 2. The minimum absolute atomic E-state index is 0.0869. The second kappa shape index (κ2) is 8.85. The number of rotatable bonds is 8. The first-order valence-electron chi connectivity index (χ1n) is 8.97. The second-order valence-electron chi connectivity index (χ2n) is 7.41. The number of amides is 3. The molecular formula is C19H30N4O2. The molecule has 138 valence electrons. The Bertz CT molecular complexity index is 597. The number of nitrogens with zero attached hydrogens (tertiary/aromatic N) is 1. The highest BCUT2D eigenvalue weighted by molar-refractivity contribution is 5.97. The molecule has 3 amide bonds. The van der Waals surface area contributed by atoms with Crippen molar-refractivity contribution in [3.8, 4) is 0 Å². The molecule has 25 heavy (non-hydrogen) atoms. The first kappa shape index (κ1) is 19.2. The Labute approximate surface area is 150 Å². The molecule has 0 spiro atoms. The topological polar surface area (TPSA) is 73.5 Å². The molecule has 1 atom stereocenters. The first-order valence-corrected chi connectivity index (χ1v) is 8.97. The van der Waals surface area contributed by atoms with E-state index in [1.807, 2.05) is 14.1 Å². The van der Waals surface area contributed by atoms with Gasteiger partial charge in [-0.3, -0.25) is 4.79 Å². The van der Waals surface area contributed by atoms with Crippen molar-refractivity contribution in [3.63, 3.8) is 0 Å². The third-order valence-corrected chi connectivity index (χ3v) is 4.27. The molecule has 1 aliphatic carbocycles. The average molecular weight is 346 g/mol. The molecule has 1 aliphatic rings. The largest absolute Gasteiger partial charge is 0.349 e. The van der Waals surface area contributed by atoms with Crippen molar-refractivity contribution in [2.45, 2.75) is 45.2 Å². The van der Waals surface area contributed by atoms with E-state index in [2.05, 4.69) is 34.7 Å². The van der Waals surface area contributed by atoms with Crippen LogP contribution >= 0.6 is 0 Å². The van der Waals surface area contributed by atoms with Crippen LogP contribution in [0.25, 0.3) is 0 Å². The highest BCUT2D eigenvalue weighted by atomic mass is 16.2. The summed E-state index contributed by atoms with van der Waals surface area (Å²) in [6, 6.07) is 7.37. The minimum atomic E-state index is -0.254. The van der Waals surface area contributed by atoms with Crippen LogP contribution in [0.15, 0.2) is 24.3 Å². The molecule has 0 unspecified atom stereocenters. The Morgan fingerprint density at radius 1 is 1.24 bits per heavy atom. The number of nitrogens with one attached hydrogen (secondary N) is 3. The predicted octanol–water partition coefficient (Wildman–Crippen LogP) is 2.68. The van der Waals surface area contributed by atoms with Gasteiger partial charge in [-0.25, -0.2) is 4.79 Å². The van der Waals surface area contributed by atoms with Gasteiger partial charge < -0.3 is 20.9 Å². The molecule has 0 heterocycles. The Kier molecular flexibility index (Phi) is 6.82. The smallest absolute Gasteiger partial charge is 0.319 e. The summed E-state index contributed by atoms with van der Waals surface area (Å²) in [7, 11) is 4.04. The first-order chi connectivity index (χ1) is 11.8. The molecule has 1 aromatic carbocycles. The zero-order valence-corrected chi connectivity index (χ0v) is 15.6. The van der Waals surface area contributed by atoms with Crippen LogP contribution in [0.3, 0.4) is 0 Å². The number of hydrogen-bond acceptors (Lipinski definition) is 3. The molecule has 0 bridgehead atoms. The van der Waals surface area contributed by atoms with Crippen LogP contribution in [0, 0.1) is 5.92 Å². The minimum Gasteiger partial charge on any atom is -0.349 e. The van der Waals surface area contributed by atoms with Gasteiger partial charge in [-0.05, 0) is 57.5 Å². The molecular weight excluding hydrogens is 316 g/mol. The number of hydrogen-bond donors (Lipinski definition) is 3. The molecule has 0 aromatic heterocycles. The van der Waals surface area contributed by atoms with Gasteiger partial charge in [0, 0.05) is 29.9 Å². The lowest BCUT2D eigenvalue weighted by Crippen LogP contribution is -2.42. The number of likely N-dealkylation sites (N-methyl/N-ethyl adjacent to an activating group) is 1. The summed E-state index contributed by atoms with van der Waals surface area (Å²) in [4.78, 5) is 26.4. The fourth-order valence-electron chi connectivity index (χ4n) is 2.64. The third-order valence-electron chi connectivity index (χ3n) is 4.27. The number of carbonyl (C=O) groups excluding carboxylic acids is 2. The highest BCUT2D eigenvalue weighted by Crippen LogP contribution is 2.20. The zero-order chi connectivity index (χ0) is 18.4. The maximum absolute atomic E-state index is 12.2. The van der Waals surface area contributed by atoms with Crippen molar-refractivity contribution < 1.29 is 9.59 Å². The molecule has 1 aromatic rings. The highest BCUT2D eigenvalue weighted by Gasteiger charge is 2.23. The van der Waals surface area contributed by atoms with Gasteiger partial charge in [-0.1, -0.05) is 19.9 Å². The molecule has 3 N–H and O–H groups in total. The van der Waals surface area contributed by atoms with E-state index < -0.39 is 0 Å². The van der Waals surface area contributed by atoms with Gasteiger partial charge in [0.1, 0.15) is 0 Å². The van der Waals surface area contributed by atoms with E-state index >= 15 is 0 Å². The van der Waals surface area contributed by atoms with Crippen molar-refractivity contribution >= 4 is 17.6 Å². The molecule has 0 radical (unpaired) electrons. The molecule has 1 fully saturated rings. The van der Waals surface area contributed by atoms with Crippen molar-refractivity contribution in [1.82, 2.24) is 15.5 Å². The Morgan fingerprint density at radius 3 is 2.56 bits per heavy atom. The van der Waals surface area contributed by atoms with Crippen LogP contribution in [-0.2, 0) is 0 Å². The maximum atomic E-state index is 12.2. The van der Waals surface area contributed by atoms with Gasteiger partial charge in [0.2, 0.25) is 0 Å². The summed E-state index contributed by atoms with van der Waals surface area (Å²) in [5.74, 6) is 0.482. The van der Waals surface area contributed by atoms with Crippen molar-refractivity contribution in [2.75, 3.05) is 26.0 Å². The molecule has 1 saturated carbocycles. The monoisotopic (exact) mass is 346 g/mol. The van der Waals surface area contributed by atoms with Crippen LogP contribution in [-0.4, -0.2) is 49.6 Å². The van der Waals surface area contributed by atoms with Crippen LogP contribution < -0.4 is 16.0 Å². The van der Waals surface area contributed by atoms with E-state index in [-0.39, 0.29) is 11.9 Å². The average Bonchev–Trinajstić information content (AvgIpc) is 3.35. The van der Waals surface area contributed by atoms with Gasteiger partial charge in [0.25, 0.3) is 5.91 Å². The summed E-state index contributed by atoms with van der Waals surface area (Å²) in [5.41, 5.74) is 1.18. The van der Waals surface area contributed by atoms with Gasteiger partial charge in [-0.15, -0.1) is 0 Å². The van der Waals surface area contributed by atoms with Crippen LogP contribution in [0.4, 0.5) is 10.5 Å². The Hall–Kier alpha value is -2.08. The van der Waals surface area contributed by atoms with E-state index in [1.54, 1.807) is 24.3 Å².